The fraction of sp³-hybridized carbons (Fsp3) is 0.579. The molecule has 1 rings (SSSR count). The summed E-state index contributed by atoms with van der Waals surface area (Å²) in [6.07, 6.45) is 0.933. The topological polar surface area (TPSA) is 65.5 Å². The number of aryl methyl sites for hydroxylation is 2. The number of amides is 1. The number of rotatable bonds is 7. The van der Waals surface area contributed by atoms with Gasteiger partial charge in [0.05, 0.1) is 5.41 Å². The van der Waals surface area contributed by atoms with Crippen LogP contribution in [0, 0.1) is 19.3 Å². The van der Waals surface area contributed by atoms with E-state index in [2.05, 4.69) is 53.0 Å². The lowest BCUT2D eigenvalue weighted by Crippen LogP contribution is -2.48. The number of nitrogens with one attached hydrogen (secondary N) is 3. The van der Waals surface area contributed by atoms with Gasteiger partial charge in [0.2, 0.25) is 5.91 Å². The molecule has 142 valence electrons. The molecule has 0 saturated heterocycles. The van der Waals surface area contributed by atoms with Crippen molar-refractivity contribution in [3.8, 4) is 0 Å². The number of benzene rings is 1. The summed E-state index contributed by atoms with van der Waals surface area (Å²) >= 11 is 0. The highest BCUT2D eigenvalue weighted by Gasteiger charge is 2.27. The van der Waals surface area contributed by atoms with Gasteiger partial charge < -0.3 is 16.0 Å². The molecule has 0 atom stereocenters. The van der Waals surface area contributed by atoms with Crippen LogP contribution in [-0.2, 0) is 11.2 Å². The largest absolute Gasteiger partial charge is 0.356 e. The lowest BCUT2D eigenvalue weighted by molar-refractivity contribution is -0.128. The molecule has 0 bridgehead atoms. The van der Waals surface area contributed by atoms with Gasteiger partial charge in [-0.2, -0.15) is 0 Å². The smallest absolute Gasteiger partial charge is 0.227 e. The van der Waals surface area contributed by atoms with Crippen molar-refractivity contribution < 1.29 is 4.79 Å². The maximum absolute atomic E-state index is 12.0. The van der Waals surface area contributed by atoms with E-state index >= 15 is 0 Å². The monoisotopic (exact) mass is 460 g/mol. The van der Waals surface area contributed by atoms with Crippen LogP contribution >= 0.6 is 24.0 Å². The fourth-order valence-corrected chi connectivity index (χ4v) is 2.54. The lowest BCUT2D eigenvalue weighted by atomic mass is 9.92. The normalized spacial score (nSPS) is 11.5. The Morgan fingerprint density at radius 2 is 1.68 bits per heavy atom. The average molecular weight is 460 g/mol. The number of hydrogen-bond acceptors (Lipinski definition) is 2. The summed E-state index contributed by atoms with van der Waals surface area (Å²) in [7, 11) is 1.74. The van der Waals surface area contributed by atoms with E-state index in [1.54, 1.807) is 7.05 Å². The molecule has 1 amide bonds. The molecule has 25 heavy (non-hydrogen) atoms. The second-order valence-electron chi connectivity index (χ2n) is 6.84. The highest BCUT2D eigenvalue weighted by molar-refractivity contribution is 14.0. The maximum Gasteiger partial charge on any atom is 0.227 e. The van der Waals surface area contributed by atoms with Gasteiger partial charge >= 0.3 is 0 Å². The van der Waals surface area contributed by atoms with Gasteiger partial charge in [0.15, 0.2) is 5.96 Å². The number of carbonyl (C=O) groups excluding carboxylic acids is 1. The molecule has 0 aliphatic carbocycles. The Labute approximate surface area is 169 Å². The molecule has 0 spiro atoms. The van der Waals surface area contributed by atoms with Gasteiger partial charge in [-0.15, -0.1) is 24.0 Å². The van der Waals surface area contributed by atoms with Crippen LogP contribution < -0.4 is 16.0 Å². The Balaban J connectivity index is 0.00000576. The van der Waals surface area contributed by atoms with Crippen molar-refractivity contribution in [2.45, 2.75) is 41.0 Å². The minimum Gasteiger partial charge on any atom is -0.356 e. The molecule has 0 heterocycles. The van der Waals surface area contributed by atoms with Gasteiger partial charge in [-0.3, -0.25) is 9.79 Å². The van der Waals surface area contributed by atoms with E-state index in [0.29, 0.717) is 13.1 Å². The Bertz CT molecular complexity index is 565. The molecule has 0 unspecified atom stereocenters. The molecule has 0 aliphatic rings. The zero-order valence-electron chi connectivity index (χ0n) is 16.3. The van der Waals surface area contributed by atoms with Crippen molar-refractivity contribution in [3.05, 3.63) is 34.9 Å². The molecule has 5 nitrogen and oxygen atoms in total. The molecule has 0 saturated carbocycles. The molecular formula is C19H33IN4O. The van der Waals surface area contributed by atoms with Crippen LogP contribution in [0.25, 0.3) is 0 Å². The van der Waals surface area contributed by atoms with Gasteiger partial charge in [-0.25, -0.2) is 0 Å². The third kappa shape index (κ3) is 8.56. The first-order chi connectivity index (χ1) is 11.3. The number of hydrogen-bond donors (Lipinski definition) is 3. The number of aliphatic imine (C=N–C) groups is 1. The molecule has 1 aromatic rings. The van der Waals surface area contributed by atoms with E-state index in [1.807, 2.05) is 20.8 Å². The molecular weight excluding hydrogens is 427 g/mol. The van der Waals surface area contributed by atoms with Gasteiger partial charge in [0.1, 0.15) is 0 Å². The summed E-state index contributed by atoms with van der Waals surface area (Å²) in [5.41, 5.74) is 3.41. The number of nitrogens with zero attached hydrogens (tertiary/aromatic N) is 1. The minimum absolute atomic E-state index is 0. The first-order valence-corrected chi connectivity index (χ1v) is 8.58. The third-order valence-corrected chi connectivity index (χ3v) is 3.86. The summed E-state index contributed by atoms with van der Waals surface area (Å²) in [6, 6.07) is 6.60. The quantitative estimate of drug-likeness (QED) is 0.333. The van der Waals surface area contributed by atoms with Crippen LogP contribution in [0.2, 0.25) is 0 Å². The molecule has 0 aliphatic heterocycles. The predicted molar refractivity (Wildman–Crippen MR) is 117 cm³/mol. The van der Waals surface area contributed by atoms with Crippen molar-refractivity contribution >= 4 is 35.8 Å². The molecule has 0 radical (unpaired) electrons. The van der Waals surface area contributed by atoms with E-state index in [0.717, 1.165) is 18.9 Å². The van der Waals surface area contributed by atoms with E-state index in [9.17, 15) is 4.79 Å². The molecule has 0 fully saturated rings. The van der Waals surface area contributed by atoms with Crippen molar-refractivity contribution in [2.75, 3.05) is 26.7 Å². The Morgan fingerprint density at radius 3 is 2.20 bits per heavy atom. The first kappa shape index (κ1) is 23.7. The Kier molecular flexibility index (Phi) is 10.7. The fourth-order valence-electron chi connectivity index (χ4n) is 2.54. The summed E-state index contributed by atoms with van der Waals surface area (Å²) in [4.78, 5) is 16.2. The van der Waals surface area contributed by atoms with Gasteiger partial charge in [0.25, 0.3) is 0 Å². The lowest BCUT2D eigenvalue weighted by Gasteiger charge is -2.24. The van der Waals surface area contributed by atoms with Crippen LogP contribution in [0.1, 0.15) is 37.5 Å². The minimum atomic E-state index is -0.485. The van der Waals surface area contributed by atoms with Crippen LogP contribution in [0.5, 0.6) is 0 Å². The standard InChI is InChI=1S/C19H32N4O.HI/c1-7-21-17(24)19(4,5)13-23-18(20-6)22-9-8-16-11-14(2)10-15(3)12-16;/h10-12H,7-9,13H2,1-6H3,(H,21,24)(H2,20,22,23);1H. The van der Waals surface area contributed by atoms with Gasteiger partial charge in [-0.1, -0.05) is 29.3 Å². The first-order valence-electron chi connectivity index (χ1n) is 8.58. The van der Waals surface area contributed by atoms with E-state index < -0.39 is 5.41 Å². The van der Waals surface area contributed by atoms with Crippen LogP contribution in [-0.4, -0.2) is 38.5 Å². The van der Waals surface area contributed by atoms with E-state index in [-0.39, 0.29) is 29.9 Å². The second kappa shape index (κ2) is 11.3. The summed E-state index contributed by atoms with van der Waals surface area (Å²) in [5.74, 6) is 0.764. The predicted octanol–water partition coefficient (Wildman–Crippen LogP) is 2.79. The Morgan fingerprint density at radius 1 is 1.08 bits per heavy atom. The maximum atomic E-state index is 12.0. The highest BCUT2D eigenvalue weighted by Crippen LogP contribution is 2.13. The zero-order chi connectivity index (χ0) is 18.2. The highest BCUT2D eigenvalue weighted by atomic mass is 127. The van der Waals surface area contributed by atoms with E-state index in [4.69, 9.17) is 0 Å². The molecule has 6 heteroatoms. The summed E-state index contributed by atoms with van der Waals surface area (Å²) < 4.78 is 0. The molecule has 1 aromatic carbocycles. The van der Waals surface area contributed by atoms with Crippen molar-refractivity contribution in [1.82, 2.24) is 16.0 Å². The number of carbonyl (C=O) groups is 1. The van der Waals surface area contributed by atoms with Crippen LogP contribution in [0.15, 0.2) is 23.2 Å². The number of halogens is 1. The SMILES string of the molecule is CCNC(=O)C(C)(C)CNC(=NC)NCCc1cc(C)cc(C)c1.I. The average Bonchev–Trinajstić information content (AvgIpc) is 2.50. The summed E-state index contributed by atoms with van der Waals surface area (Å²) in [5, 5.41) is 9.41. The van der Waals surface area contributed by atoms with Crippen molar-refractivity contribution in [3.63, 3.8) is 0 Å². The zero-order valence-corrected chi connectivity index (χ0v) is 18.7. The van der Waals surface area contributed by atoms with E-state index in [1.165, 1.54) is 16.7 Å². The third-order valence-electron chi connectivity index (χ3n) is 3.86. The Hall–Kier alpha value is -1.31. The summed E-state index contributed by atoms with van der Waals surface area (Å²) in [6.45, 7) is 12.0. The second-order valence-corrected chi connectivity index (χ2v) is 6.84. The number of guanidine groups is 1. The molecule has 0 aromatic heterocycles. The van der Waals surface area contributed by atoms with Gasteiger partial charge in [-0.05, 0) is 46.6 Å². The van der Waals surface area contributed by atoms with Crippen LogP contribution in [0.3, 0.4) is 0 Å². The van der Waals surface area contributed by atoms with Crippen molar-refractivity contribution in [2.24, 2.45) is 10.4 Å². The molecule has 3 N–H and O–H groups in total. The van der Waals surface area contributed by atoms with Crippen LogP contribution in [0.4, 0.5) is 0 Å². The van der Waals surface area contributed by atoms with Gasteiger partial charge in [0, 0.05) is 26.7 Å². The van der Waals surface area contributed by atoms with Crippen molar-refractivity contribution in [1.29, 1.82) is 0 Å².